The molecular formula is C21H25ClFN3O3. The lowest BCUT2D eigenvalue weighted by atomic mass is 10.2. The maximum Gasteiger partial charge on any atom is 0.238 e. The number of nitrogens with one attached hydrogen (secondary N) is 1. The molecular weight excluding hydrogens is 397 g/mol. The molecule has 2 aromatic carbocycles. The molecule has 156 valence electrons. The van der Waals surface area contributed by atoms with Crippen molar-refractivity contribution in [2.24, 2.45) is 0 Å². The van der Waals surface area contributed by atoms with Crippen molar-refractivity contribution >= 4 is 23.2 Å². The third-order valence-corrected chi connectivity index (χ3v) is 5.28. The van der Waals surface area contributed by atoms with Crippen molar-refractivity contribution in [3.63, 3.8) is 0 Å². The van der Waals surface area contributed by atoms with E-state index in [1.807, 2.05) is 0 Å². The van der Waals surface area contributed by atoms with Gasteiger partial charge in [0.2, 0.25) is 5.91 Å². The molecule has 1 fully saturated rings. The summed E-state index contributed by atoms with van der Waals surface area (Å²) in [7, 11) is 3.13. The van der Waals surface area contributed by atoms with Crippen LogP contribution in [0.15, 0.2) is 36.4 Å². The molecule has 1 saturated heterocycles. The van der Waals surface area contributed by atoms with Crippen LogP contribution in [0.3, 0.4) is 0 Å². The summed E-state index contributed by atoms with van der Waals surface area (Å²) in [6.45, 7) is 4.14. The standard InChI is InChI=1S/C21H25ClFN3O3/c1-28-17-5-6-19(20(12-17)29-2)24-21(27)14-26-9-7-25(8-10-26)13-15-3-4-16(23)11-18(15)22/h3-6,11-12H,7-10,13-14H2,1-2H3,(H,24,27). The smallest absolute Gasteiger partial charge is 0.238 e. The van der Waals surface area contributed by atoms with Crippen molar-refractivity contribution in [3.05, 3.63) is 52.8 Å². The first kappa shape index (κ1) is 21.4. The van der Waals surface area contributed by atoms with Crippen LogP contribution in [0.5, 0.6) is 11.5 Å². The molecule has 1 aliphatic rings. The summed E-state index contributed by atoms with van der Waals surface area (Å²) in [6.07, 6.45) is 0. The van der Waals surface area contributed by atoms with E-state index in [2.05, 4.69) is 15.1 Å². The van der Waals surface area contributed by atoms with Crippen molar-refractivity contribution in [2.45, 2.75) is 6.54 Å². The molecule has 3 rings (SSSR count). The van der Waals surface area contributed by atoms with E-state index in [1.165, 1.54) is 12.1 Å². The lowest BCUT2D eigenvalue weighted by Crippen LogP contribution is -2.48. The minimum atomic E-state index is -0.330. The number of piperazine rings is 1. The van der Waals surface area contributed by atoms with Crippen LogP contribution in [0, 0.1) is 5.82 Å². The highest BCUT2D eigenvalue weighted by molar-refractivity contribution is 6.31. The van der Waals surface area contributed by atoms with Crippen molar-refractivity contribution < 1.29 is 18.7 Å². The van der Waals surface area contributed by atoms with E-state index in [1.54, 1.807) is 38.5 Å². The predicted molar refractivity (Wildman–Crippen MR) is 111 cm³/mol. The van der Waals surface area contributed by atoms with Crippen molar-refractivity contribution in [3.8, 4) is 11.5 Å². The summed E-state index contributed by atoms with van der Waals surface area (Å²) in [5.41, 5.74) is 1.52. The molecule has 8 heteroatoms. The molecule has 0 saturated carbocycles. The number of methoxy groups -OCH3 is 2. The number of hydrogen-bond acceptors (Lipinski definition) is 5. The molecule has 0 radical (unpaired) electrons. The van der Waals surface area contributed by atoms with Gasteiger partial charge < -0.3 is 14.8 Å². The zero-order chi connectivity index (χ0) is 20.8. The summed E-state index contributed by atoms with van der Waals surface area (Å²) >= 11 is 6.12. The molecule has 29 heavy (non-hydrogen) atoms. The molecule has 0 aromatic heterocycles. The Morgan fingerprint density at radius 2 is 1.79 bits per heavy atom. The quantitative estimate of drug-likeness (QED) is 0.743. The average molecular weight is 422 g/mol. The first-order chi connectivity index (χ1) is 14.0. The molecule has 0 unspecified atom stereocenters. The predicted octanol–water partition coefficient (Wildman–Crippen LogP) is 3.25. The van der Waals surface area contributed by atoms with Gasteiger partial charge in [-0.2, -0.15) is 0 Å². The lowest BCUT2D eigenvalue weighted by molar-refractivity contribution is -0.117. The summed E-state index contributed by atoms with van der Waals surface area (Å²) in [4.78, 5) is 16.8. The molecule has 1 N–H and O–H groups in total. The topological polar surface area (TPSA) is 54.0 Å². The Hall–Kier alpha value is -2.35. The molecule has 0 aliphatic carbocycles. The maximum atomic E-state index is 13.2. The van der Waals surface area contributed by atoms with Crippen LogP contribution in [0.1, 0.15) is 5.56 Å². The number of hydrogen-bond donors (Lipinski definition) is 1. The van der Waals surface area contributed by atoms with Gasteiger partial charge in [0.1, 0.15) is 17.3 Å². The Kier molecular flexibility index (Phi) is 7.30. The number of halogens is 2. The van der Waals surface area contributed by atoms with Crippen LogP contribution >= 0.6 is 11.6 Å². The zero-order valence-electron chi connectivity index (χ0n) is 16.6. The first-order valence-corrected chi connectivity index (χ1v) is 9.77. The highest BCUT2D eigenvalue weighted by atomic mass is 35.5. The lowest BCUT2D eigenvalue weighted by Gasteiger charge is -2.34. The molecule has 1 heterocycles. The largest absolute Gasteiger partial charge is 0.497 e. The number of anilines is 1. The fraction of sp³-hybridized carbons (Fsp3) is 0.381. The molecule has 1 aliphatic heterocycles. The monoisotopic (exact) mass is 421 g/mol. The third kappa shape index (κ3) is 5.82. The number of nitrogens with zero attached hydrogens (tertiary/aromatic N) is 2. The number of amides is 1. The van der Waals surface area contributed by atoms with E-state index in [4.69, 9.17) is 21.1 Å². The average Bonchev–Trinajstić information content (AvgIpc) is 2.71. The van der Waals surface area contributed by atoms with E-state index < -0.39 is 0 Å². The molecule has 2 aromatic rings. The fourth-order valence-electron chi connectivity index (χ4n) is 3.29. The second-order valence-corrected chi connectivity index (χ2v) is 7.31. The zero-order valence-corrected chi connectivity index (χ0v) is 17.3. The third-order valence-electron chi connectivity index (χ3n) is 4.92. The summed E-state index contributed by atoms with van der Waals surface area (Å²) < 4.78 is 23.7. The second-order valence-electron chi connectivity index (χ2n) is 6.90. The van der Waals surface area contributed by atoms with E-state index in [0.717, 1.165) is 31.7 Å². The number of benzene rings is 2. The first-order valence-electron chi connectivity index (χ1n) is 9.39. The Labute approximate surface area is 175 Å². The van der Waals surface area contributed by atoms with Gasteiger partial charge in [0.05, 0.1) is 26.5 Å². The van der Waals surface area contributed by atoms with Crippen LogP contribution in [0.2, 0.25) is 5.02 Å². The van der Waals surface area contributed by atoms with E-state index >= 15 is 0 Å². The molecule has 0 spiro atoms. The van der Waals surface area contributed by atoms with Gasteiger partial charge in [-0.3, -0.25) is 14.6 Å². The molecule has 1 amide bonds. The van der Waals surface area contributed by atoms with Gasteiger partial charge in [0.25, 0.3) is 0 Å². The van der Waals surface area contributed by atoms with Gasteiger partial charge in [-0.15, -0.1) is 0 Å². The van der Waals surface area contributed by atoms with Crippen molar-refractivity contribution in [1.29, 1.82) is 0 Å². The molecule has 6 nitrogen and oxygen atoms in total. The number of carbonyl (C=O) groups excluding carboxylic acids is 1. The summed E-state index contributed by atoms with van der Waals surface area (Å²) in [5.74, 6) is 0.794. The minimum Gasteiger partial charge on any atom is -0.497 e. The highest BCUT2D eigenvalue weighted by Crippen LogP contribution is 2.29. The van der Waals surface area contributed by atoms with Gasteiger partial charge in [0.15, 0.2) is 0 Å². The van der Waals surface area contributed by atoms with Crippen LogP contribution in [0.4, 0.5) is 10.1 Å². The van der Waals surface area contributed by atoms with Gasteiger partial charge in [-0.05, 0) is 29.8 Å². The Balaban J connectivity index is 1.48. The molecule has 0 atom stereocenters. The summed E-state index contributed by atoms with van der Waals surface area (Å²) in [5, 5.41) is 3.34. The van der Waals surface area contributed by atoms with Crippen molar-refractivity contribution in [2.75, 3.05) is 52.3 Å². The van der Waals surface area contributed by atoms with Crippen LogP contribution in [-0.2, 0) is 11.3 Å². The van der Waals surface area contributed by atoms with Gasteiger partial charge in [0, 0.05) is 43.8 Å². The maximum absolute atomic E-state index is 13.2. The van der Waals surface area contributed by atoms with Gasteiger partial charge in [-0.1, -0.05) is 17.7 Å². The van der Waals surface area contributed by atoms with Crippen LogP contribution in [0.25, 0.3) is 0 Å². The Bertz CT molecular complexity index is 857. The van der Waals surface area contributed by atoms with E-state index in [-0.39, 0.29) is 11.7 Å². The Morgan fingerprint density at radius 1 is 1.07 bits per heavy atom. The van der Waals surface area contributed by atoms with E-state index in [0.29, 0.717) is 35.3 Å². The number of rotatable bonds is 7. The normalized spacial score (nSPS) is 15.2. The van der Waals surface area contributed by atoms with Crippen LogP contribution in [-0.4, -0.2) is 62.7 Å². The fourth-order valence-corrected chi connectivity index (χ4v) is 3.52. The molecule has 0 bridgehead atoms. The highest BCUT2D eigenvalue weighted by Gasteiger charge is 2.20. The SMILES string of the molecule is COc1ccc(NC(=O)CN2CCN(Cc3ccc(F)cc3Cl)CC2)c(OC)c1. The minimum absolute atomic E-state index is 0.0940. The van der Waals surface area contributed by atoms with Gasteiger partial charge >= 0.3 is 0 Å². The Morgan fingerprint density at radius 3 is 2.45 bits per heavy atom. The van der Waals surface area contributed by atoms with Gasteiger partial charge in [-0.25, -0.2) is 4.39 Å². The van der Waals surface area contributed by atoms with Crippen LogP contribution < -0.4 is 14.8 Å². The number of carbonyl (C=O) groups is 1. The van der Waals surface area contributed by atoms with E-state index in [9.17, 15) is 9.18 Å². The number of ether oxygens (including phenoxy) is 2. The van der Waals surface area contributed by atoms with Crippen molar-refractivity contribution in [1.82, 2.24) is 9.80 Å². The second kappa shape index (κ2) is 9.91. The summed E-state index contributed by atoms with van der Waals surface area (Å²) in [6, 6.07) is 9.76.